The van der Waals surface area contributed by atoms with E-state index in [0.29, 0.717) is 5.92 Å². The summed E-state index contributed by atoms with van der Waals surface area (Å²) in [5, 5.41) is 8.18. The van der Waals surface area contributed by atoms with Gasteiger partial charge in [0.25, 0.3) is 0 Å². The van der Waals surface area contributed by atoms with Crippen molar-refractivity contribution in [2.24, 2.45) is 5.92 Å². The predicted octanol–water partition coefficient (Wildman–Crippen LogP) is 1.67. The lowest BCUT2D eigenvalue weighted by atomic mass is 10.2. The van der Waals surface area contributed by atoms with E-state index in [4.69, 9.17) is 5.11 Å². The summed E-state index contributed by atoms with van der Waals surface area (Å²) < 4.78 is 0. The standard InChI is InChI=1S/C7H12O2/c1-6(2)4-3-5-7(8)9/h3-4,6H,5H2,1-2H3,(H,8,9)/b4-3+. The van der Waals surface area contributed by atoms with E-state index in [1.54, 1.807) is 6.08 Å². The van der Waals surface area contributed by atoms with Crippen LogP contribution in [0.3, 0.4) is 0 Å². The molecule has 0 unspecified atom stereocenters. The Bertz CT molecular complexity index is 114. The van der Waals surface area contributed by atoms with E-state index in [1.165, 1.54) is 0 Å². The highest BCUT2D eigenvalue weighted by atomic mass is 16.4. The van der Waals surface area contributed by atoms with Crippen molar-refractivity contribution in [1.82, 2.24) is 0 Å². The number of carboxylic acids is 1. The maximum atomic E-state index is 9.93. The topological polar surface area (TPSA) is 37.3 Å². The Morgan fingerprint density at radius 3 is 2.56 bits per heavy atom. The molecule has 0 aliphatic heterocycles. The fourth-order valence-corrected chi connectivity index (χ4v) is 0.441. The molecule has 0 heterocycles. The summed E-state index contributed by atoms with van der Waals surface area (Å²) in [5.41, 5.74) is 0. The first-order valence-corrected chi connectivity index (χ1v) is 3.01. The Balaban J connectivity index is 3.36. The van der Waals surface area contributed by atoms with E-state index < -0.39 is 5.97 Å². The summed E-state index contributed by atoms with van der Waals surface area (Å²) in [7, 11) is 0. The minimum atomic E-state index is -0.771. The first kappa shape index (κ1) is 8.21. The molecule has 2 heteroatoms. The van der Waals surface area contributed by atoms with Gasteiger partial charge in [-0.15, -0.1) is 0 Å². The van der Waals surface area contributed by atoms with Crippen molar-refractivity contribution in [2.75, 3.05) is 0 Å². The van der Waals surface area contributed by atoms with Crippen molar-refractivity contribution in [3.63, 3.8) is 0 Å². The number of allylic oxidation sites excluding steroid dienone is 1. The van der Waals surface area contributed by atoms with Crippen molar-refractivity contribution in [2.45, 2.75) is 20.3 Å². The fourth-order valence-electron chi connectivity index (χ4n) is 0.441. The van der Waals surface area contributed by atoms with E-state index in [9.17, 15) is 4.79 Å². The van der Waals surface area contributed by atoms with E-state index in [0.717, 1.165) is 0 Å². The molecule has 0 bridgehead atoms. The zero-order valence-electron chi connectivity index (χ0n) is 5.79. The van der Waals surface area contributed by atoms with Crippen molar-refractivity contribution in [1.29, 1.82) is 0 Å². The number of carboxylic acid groups (broad SMARTS) is 1. The van der Waals surface area contributed by atoms with Crippen LogP contribution in [0.25, 0.3) is 0 Å². The monoisotopic (exact) mass is 128 g/mol. The molecule has 0 aromatic heterocycles. The summed E-state index contributed by atoms with van der Waals surface area (Å²) in [5.74, 6) is -0.323. The maximum absolute atomic E-state index is 9.93. The average molecular weight is 128 g/mol. The van der Waals surface area contributed by atoms with Gasteiger partial charge >= 0.3 is 5.97 Å². The van der Waals surface area contributed by atoms with Crippen LogP contribution in [-0.2, 0) is 4.79 Å². The van der Waals surface area contributed by atoms with Crippen LogP contribution < -0.4 is 0 Å². The minimum absolute atomic E-state index is 0.137. The lowest BCUT2D eigenvalue weighted by Crippen LogP contribution is -1.90. The molecule has 0 amide bonds. The van der Waals surface area contributed by atoms with Gasteiger partial charge in [0.05, 0.1) is 6.42 Å². The van der Waals surface area contributed by atoms with Gasteiger partial charge in [-0.2, -0.15) is 0 Å². The summed E-state index contributed by atoms with van der Waals surface area (Å²) in [4.78, 5) is 9.93. The lowest BCUT2D eigenvalue weighted by molar-refractivity contribution is -0.136. The zero-order chi connectivity index (χ0) is 7.28. The highest BCUT2D eigenvalue weighted by Gasteiger charge is 1.89. The third kappa shape index (κ3) is 7.21. The molecular formula is C7H12O2. The van der Waals surface area contributed by atoms with Gasteiger partial charge in [0.15, 0.2) is 0 Å². The highest BCUT2D eigenvalue weighted by molar-refractivity contribution is 5.68. The molecule has 9 heavy (non-hydrogen) atoms. The molecule has 0 aliphatic rings. The third-order valence-electron chi connectivity index (χ3n) is 0.813. The van der Waals surface area contributed by atoms with Gasteiger partial charge < -0.3 is 5.11 Å². The van der Waals surface area contributed by atoms with E-state index in [-0.39, 0.29) is 6.42 Å². The van der Waals surface area contributed by atoms with Gasteiger partial charge in [0.2, 0.25) is 0 Å². The van der Waals surface area contributed by atoms with Gasteiger partial charge in [-0.1, -0.05) is 26.0 Å². The number of carbonyl (C=O) groups is 1. The fraction of sp³-hybridized carbons (Fsp3) is 0.571. The van der Waals surface area contributed by atoms with E-state index in [1.807, 2.05) is 19.9 Å². The van der Waals surface area contributed by atoms with Crippen molar-refractivity contribution in [3.05, 3.63) is 12.2 Å². The van der Waals surface area contributed by atoms with Crippen LogP contribution in [0, 0.1) is 5.92 Å². The summed E-state index contributed by atoms with van der Waals surface area (Å²) in [6.45, 7) is 4.02. The third-order valence-corrected chi connectivity index (χ3v) is 0.813. The lowest BCUT2D eigenvalue weighted by Gasteiger charge is -1.90. The second-order valence-electron chi connectivity index (χ2n) is 2.27. The smallest absolute Gasteiger partial charge is 0.307 e. The van der Waals surface area contributed by atoms with Crippen molar-refractivity contribution >= 4 is 5.97 Å². The Morgan fingerprint density at radius 1 is 1.67 bits per heavy atom. The second kappa shape index (κ2) is 4.13. The van der Waals surface area contributed by atoms with Gasteiger partial charge in [0, 0.05) is 0 Å². The van der Waals surface area contributed by atoms with Gasteiger partial charge in [-0.25, -0.2) is 0 Å². The van der Waals surface area contributed by atoms with Crippen molar-refractivity contribution < 1.29 is 9.90 Å². The zero-order valence-corrected chi connectivity index (χ0v) is 5.79. The largest absolute Gasteiger partial charge is 0.481 e. The molecule has 0 aliphatic carbocycles. The van der Waals surface area contributed by atoms with E-state index >= 15 is 0 Å². The van der Waals surface area contributed by atoms with Crippen molar-refractivity contribution in [3.8, 4) is 0 Å². The Hall–Kier alpha value is -0.790. The van der Waals surface area contributed by atoms with Crippen LogP contribution in [0.2, 0.25) is 0 Å². The maximum Gasteiger partial charge on any atom is 0.307 e. The van der Waals surface area contributed by atoms with Crippen LogP contribution >= 0.6 is 0 Å². The second-order valence-corrected chi connectivity index (χ2v) is 2.27. The molecule has 0 radical (unpaired) electrons. The molecule has 2 nitrogen and oxygen atoms in total. The normalized spacial score (nSPS) is 11.0. The minimum Gasteiger partial charge on any atom is -0.481 e. The molecule has 1 N–H and O–H groups in total. The molecule has 52 valence electrons. The van der Waals surface area contributed by atoms with Gasteiger partial charge in [-0.3, -0.25) is 4.79 Å². The molecule has 0 saturated heterocycles. The highest BCUT2D eigenvalue weighted by Crippen LogP contribution is 1.94. The molecular weight excluding hydrogens is 116 g/mol. The molecule has 0 spiro atoms. The van der Waals surface area contributed by atoms with E-state index in [2.05, 4.69) is 0 Å². The van der Waals surface area contributed by atoms with Gasteiger partial charge in [0.1, 0.15) is 0 Å². The summed E-state index contributed by atoms with van der Waals surface area (Å²) >= 11 is 0. The first-order valence-electron chi connectivity index (χ1n) is 3.01. The van der Waals surface area contributed by atoms with Crippen LogP contribution in [0.5, 0.6) is 0 Å². The molecule has 0 aromatic carbocycles. The predicted molar refractivity (Wildman–Crippen MR) is 36.2 cm³/mol. The number of aliphatic carboxylic acids is 1. The van der Waals surface area contributed by atoms with Crippen LogP contribution in [-0.4, -0.2) is 11.1 Å². The molecule has 0 rings (SSSR count). The summed E-state index contributed by atoms with van der Waals surface area (Å²) in [6, 6.07) is 0. The quantitative estimate of drug-likeness (QED) is 0.587. The Labute approximate surface area is 55.2 Å². The number of hydrogen-bond donors (Lipinski definition) is 1. The average Bonchev–Trinajstić information content (AvgIpc) is 1.63. The van der Waals surface area contributed by atoms with Gasteiger partial charge in [-0.05, 0) is 5.92 Å². The first-order chi connectivity index (χ1) is 4.13. The Kier molecular flexibility index (Phi) is 3.76. The molecule has 0 atom stereocenters. The van der Waals surface area contributed by atoms with Crippen LogP contribution in [0.1, 0.15) is 20.3 Å². The molecule has 0 fully saturated rings. The summed E-state index contributed by atoms with van der Waals surface area (Å²) in [6.07, 6.45) is 3.69. The number of rotatable bonds is 3. The van der Waals surface area contributed by atoms with Crippen LogP contribution in [0.4, 0.5) is 0 Å². The molecule has 0 saturated carbocycles. The SMILES string of the molecule is CC(C)/C=C/CC(=O)O. The number of hydrogen-bond acceptors (Lipinski definition) is 1. The van der Waals surface area contributed by atoms with Crippen LogP contribution in [0.15, 0.2) is 12.2 Å². The molecule has 0 aromatic rings. The Morgan fingerprint density at radius 2 is 2.22 bits per heavy atom.